The lowest BCUT2D eigenvalue weighted by atomic mass is 10.0. The maximum Gasteiger partial charge on any atom is 0.238 e. The Morgan fingerprint density at radius 1 is 0.750 bits per heavy atom. The fourth-order valence-corrected chi connectivity index (χ4v) is 3.65. The third-order valence-corrected chi connectivity index (χ3v) is 5.65. The summed E-state index contributed by atoms with van der Waals surface area (Å²) in [5.41, 5.74) is 0.839. The Morgan fingerprint density at radius 2 is 1.21 bits per heavy atom. The van der Waals surface area contributed by atoms with Crippen LogP contribution < -0.4 is 10.6 Å². The number of halogens is 1. The van der Waals surface area contributed by atoms with E-state index in [4.69, 9.17) is 0 Å². The average Bonchev–Trinajstić information content (AvgIpc) is 2.69. The SMILES string of the molecule is CCCCCCCCCCCCCCCCNCC(=O)Nc1ccc(Br)cc1. The smallest absolute Gasteiger partial charge is 0.238 e. The number of nitrogens with one attached hydrogen (secondary N) is 2. The number of carbonyl (C=O) groups is 1. The minimum Gasteiger partial charge on any atom is -0.325 e. The molecule has 0 saturated carbocycles. The molecule has 0 bridgehead atoms. The van der Waals surface area contributed by atoms with Gasteiger partial charge in [-0.25, -0.2) is 0 Å². The Morgan fingerprint density at radius 3 is 1.71 bits per heavy atom. The quantitative estimate of drug-likeness (QED) is 0.227. The summed E-state index contributed by atoms with van der Waals surface area (Å²) in [4.78, 5) is 11.9. The van der Waals surface area contributed by atoms with Gasteiger partial charge in [-0.15, -0.1) is 0 Å². The third kappa shape index (κ3) is 15.1. The maximum absolute atomic E-state index is 11.9. The first kappa shape index (κ1) is 25.2. The van der Waals surface area contributed by atoms with Gasteiger partial charge >= 0.3 is 0 Å². The molecular formula is C24H41BrN2O. The molecule has 0 aliphatic heterocycles. The molecule has 0 atom stereocenters. The molecule has 160 valence electrons. The Labute approximate surface area is 181 Å². The number of hydrogen-bond acceptors (Lipinski definition) is 2. The van der Waals surface area contributed by atoms with Crippen LogP contribution >= 0.6 is 15.9 Å². The third-order valence-electron chi connectivity index (χ3n) is 5.12. The summed E-state index contributed by atoms with van der Waals surface area (Å²) in [5, 5.41) is 6.14. The van der Waals surface area contributed by atoms with E-state index in [1.807, 2.05) is 24.3 Å². The van der Waals surface area contributed by atoms with Crippen molar-refractivity contribution in [1.29, 1.82) is 0 Å². The molecule has 1 aromatic carbocycles. The molecule has 0 spiro atoms. The molecule has 1 rings (SSSR count). The summed E-state index contributed by atoms with van der Waals surface area (Å²) in [6.45, 7) is 3.59. The van der Waals surface area contributed by atoms with Crippen LogP contribution in [0.1, 0.15) is 96.8 Å². The second-order valence-corrected chi connectivity index (χ2v) is 8.74. The van der Waals surface area contributed by atoms with Gasteiger partial charge in [0.2, 0.25) is 5.91 Å². The van der Waals surface area contributed by atoms with Gasteiger partial charge in [-0.1, -0.05) is 106 Å². The van der Waals surface area contributed by atoms with E-state index >= 15 is 0 Å². The molecule has 0 radical (unpaired) electrons. The van der Waals surface area contributed by atoms with Crippen LogP contribution in [0.25, 0.3) is 0 Å². The summed E-state index contributed by atoms with van der Waals surface area (Å²) >= 11 is 3.39. The lowest BCUT2D eigenvalue weighted by Gasteiger charge is -2.07. The van der Waals surface area contributed by atoms with Crippen molar-refractivity contribution in [3.05, 3.63) is 28.7 Å². The molecule has 28 heavy (non-hydrogen) atoms. The van der Waals surface area contributed by atoms with Crippen LogP contribution in [-0.4, -0.2) is 19.0 Å². The van der Waals surface area contributed by atoms with Gasteiger partial charge in [0.25, 0.3) is 0 Å². The van der Waals surface area contributed by atoms with Crippen molar-refractivity contribution in [1.82, 2.24) is 5.32 Å². The second kappa shape index (κ2) is 18.2. The highest BCUT2D eigenvalue weighted by atomic mass is 79.9. The molecule has 0 heterocycles. The van der Waals surface area contributed by atoms with Crippen LogP contribution in [0.2, 0.25) is 0 Å². The molecular weight excluding hydrogens is 412 g/mol. The molecule has 0 aliphatic carbocycles. The lowest BCUT2D eigenvalue weighted by Crippen LogP contribution is -2.28. The summed E-state index contributed by atoms with van der Waals surface area (Å²) in [5.74, 6) is 0.0210. The van der Waals surface area contributed by atoms with Gasteiger partial charge in [0, 0.05) is 10.2 Å². The molecule has 3 nitrogen and oxygen atoms in total. The number of hydrogen-bond donors (Lipinski definition) is 2. The van der Waals surface area contributed by atoms with Crippen molar-refractivity contribution >= 4 is 27.5 Å². The zero-order chi connectivity index (χ0) is 20.3. The number of benzene rings is 1. The van der Waals surface area contributed by atoms with E-state index in [1.54, 1.807) is 0 Å². The Hall–Kier alpha value is -0.870. The van der Waals surface area contributed by atoms with Crippen molar-refractivity contribution in [2.75, 3.05) is 18.4 Å². The summed E-state index contributed by atoms with van der Waals surface area (Å²) in [7, 11) is 0. The van der Waals surface area contributed by atoms with Crippen LogP contribution in [0.4, 0.5) is 5.69 Å². The van der Waals surface area contributed by atoms with Gasteiger partial charge in [-0.2, -0.15) is 0 Å². The molecule has 4 heteroatoms. The first-order valence-corrected chi connectivity index (χ1v) is 12.3. The van der Waals surface area contributed by atoms with Crippen molar-refractivity contribution in [3.63, 3.8) is 0 Å². The zero-order valence-electron chi connectivity index (χ0n) is 17.9. The van der Waals surface area contributed by atoms with Crippen LogP contribution in [-0.2, 0) is 4.79 Å². The average molecular weight is 454 g/mol. The highest BCUT2D eigenvalue weighted by Crippen LogP contribution is 2.14. The summed E-state index contributed by atoms with van der Waals surface area (Å²) in [6.07, 6.45) is 19.2. The van der Waals surface area contributed by atoms with E-state index in [-0.39, 0.29) is 5.91 Å². The van der Waals surface area contributed by atoms with Crippen LogP contribution in [0.15, 0.2) is 28.7 Å². The standard InChI is InChI=1S/C24H41BrN2O/c1-2-3-4-5-6-7-8-9-10-11-12-13-14-15-20-26-21-24(28)27-23-18-16-22(25)17-19-23/h16-19,26H,2-15,20-21H2,1H3,(H,27,28). The Bertz CT molecular complexity index is 490. The van der Waals surface area contributed by atoms with Crippen molar-refractivity contribution in [3.8, 4) is 0 Å². The van der Waals surface area contributed by atoms with Crippen molar-refractivity contribution < 1.29 is 4.79 Å². The van der Waals surface area contributed by atoms with Gasteiger partial charge in [0.05, 0.1) is 6.54 Å². The highest BCUT2D eigenvalue weighted by Gasteiger charge is 2.01. The normalized spacial score (nSPS) is 10.9. The van der Waals surface area contributed by atoms with E-state index in [0.717, 1.165) is 23.1 Å². The van der Waals surface area contributed by atoms with Crippen molar-refractivity contribution in [2.24, 2.45) is 0 Å². The fourth-order valence-electron chi connectivity index (χ4n) is 3.38. The van der Waals surface area contributed by atoms with E-state index in [1.165, 1.54) is 83.5 Å². The molecule has 0 unspecified atom stereocenters. The maximum atomic E-state index is 11.9. The number of carbonyl (C=O) groups excluding carboxylic acids is 1. The van der Waals surface area contributed by atoms with Gasteiger partial charge in [0.1, 0.15) is 0 Å². The van der Waals surface area contributed by atoms with E-state index < -0.39 is 0 Å². The van der Waals surface area contributed by atoms with Gasteiger partial charge in [0.15, 0.2) is 0 Å². The molecule has 0 aromatic heterocycles. The molecule has 2 N–H and O–H groups in total. The minimum atomic E-state index is 0.0210. The zero-order valence-corrected chi connectivity index (χ0v) is 19.5. The van der Waals surface area contributed by atoms with Crippen LogP contribution in [0, 0.1) is 0 Å². The first-order valence-electron chi connectivity index (χ1n) is 11.5. The summed E-state index contributed by atoms with van der Waals surface area (Å²) in [6, 6.07) is 7.65. The number of rotatable bonds is 18. The number of amides is 1. The highest BCUT2D eigenvalue weighted by molar-refractivity contribution is 9.10. The molecule has 0 saturated heterocycles. The molecule has 0 fully saturated rings. The van der Waals surface area contributed by atoms with E-state index in [2.05, 4.69) is 33.5 Å². The lowest BCUT2D eigenvalue weighted by molar-refractivity contribution is -0.115. The van der Waals surface area contributed by atoms with Crippen LogP contribution in [0.5, 0.6) is 0 Å². The number of unbranched alkanes of at least 4 members (excludes halogenated alkanes) is 13. The van der Waals surface area contributed by atoms with Gasteiger partial charge < -0.3 is 10.6 Å². The van der Waals surface area contributed by atoms with Gasteiger partial charge in [-0.05, 0) is 37.2 Å². The largest absolute Gasteiger partial charge is 0.325 e. The van der Waals surface area contributed by atoms with Crippen LogP contribution in [0.3, 0.4) is 0 Å². The Kier molecular flexibility index (Phi) is 16.3. The van der Waals surface area contributed by atoms with E-state index in [9.17, 15) is 4.79 Å². The minimum absolute atomic E-state index is 0.0210. The fraction of sp³-hybridized carbons (Fsp3) is 0.708. The summed E-state index contributed by atoms with van der Waals surface area (Å²) < 4.78 is 1.02. The topological polar surface area (TPSA) is 41.1 Å². The predicted molar refractivity (Wildman–Crippen MR) is 126 cm³/mol. The predicted octanol–water partition coefficient (Wildman–Crippen LogP) is 7.46. The molecule has 1 amide bonds. The second-order valence-electron chi connectivity index (χ2n) is 7.83. The monoisotopic (exact) mass is 452 g/mol. The first-order chi connectivity index (χ1) is 13.7. The van der Waals surface area contributed by atoms with Gasteiger partial charge in [-0.3, -0.25) is 4.79 Å². The molecule has 0 aliphatic rings. The van der Waals surface area contributed by atoms with Crippen molar-refractivity contribution in [2.45, 2.75) is 96.8 Å². The number of anilines is 1. The van der Waals surface area contributed by atoms with E-state index in [0.29, 0.717) is 6.54 Å². The Balaban J connectivity index is 1.79. The molecule has 1 aromatic rings.